The van der Waals surface area contributed by atoms with Crippen LogP contribution < -0.4 is 13.8 Å². The molecular weight excluding hydrogens is 435 g/mol. The number of rotatable bonds is 8. The smallest absolute Gasteiger partial charge is 0.244 e. The van der Waals surface area contributed by atoms with Crippen molar-refractivity contribution in [1.82, 2.24) is 4.72 Å². The molecule has 0 spiro atoms. The number of ether oxygens (including phenoxy) is 1. The van der Waals surface area contributed by atoms with Gasteiger partial charge in [0.05, 0.1) is 18.0 Å². The molecule has 1 aliphatic heterocycles. The van der Waals surface area contributed by atoms with Crippen LogP contribution in [0.3, 0.4) is 0 Å². The molecule has 0 radical (unpaired) electrons. The number of benzene rings is 2. The topological polar surface area (TPSA) is 110 Å². The number of amides is 1. The van der Waals surface area contributed by atoms with E-state index in [4.69, 9.17) is 4.74 Å². The Morgan fingerprint density at radius 3 is 2.47 bits per heavy atom. The molecule has 8 nitrogen and oxygen atoms in total. The van der Waals surface area contributed by atoms with Gasteiger partial charge in [-0.2, -0.15) is 0 Å². The van der Waals surface area contributed by atoms with Crippen LogP contribution in [0.5, 0.6) is 5.75 Å². The van der Waals surface area contributed by atoms with Crippen LogP contribution in [0.4, 0.5) is 10.1 Å². The predicted octanol–water partition coefficient (Wildman–Crippen LogP) is 1.81. The predicted molar refractivity (Wildman–Crippen MR) is 109 cm³/mol. The average molecular weight is 457 g/mol. The third-order valence-corrected chi connectivity index (χ3v) is 7.62. The molecule has 30 heavy (non-hydrogen) atoms. The lowest BCUT2D eigenvalue weighted by Gasteiger charge is -2.18. The zero-order chi connectivity index (χ0) is 21.9. The Morgan fingerprint density at radius 1 is 1.17 bits per heavy atom. The minimum absolute atomic E-state index is 0.0324. The van der Waals surface area contributed by atoms with E-state index in [0.29, 0.717) is 10.7 Å². The number of halogens is 1. The largest absolute Gasteiger partial charge is 0.492 e. The van der Waals surface area contributed by atoms with Gasteiger partial charge in [0.15, 0.2) is 0 Å². The fourth-order valence-corrected chi connectivity index (χ4v) is 5.68. The van der Waals surface area contributed by atoms with Crippen LogP contribution in [-0.4, -0.2) is 41.6 Å². The molecule has 11 heteroatoms. The van der Waals surface area contributed by atoms with Gasteiger partial charge in [-0.1, -0.05) is 12.1 Å². The van der Waals surface area contributed by atoms with Crippen molar-refractivity contribution in [3.63, 3.8) is 0 Å². The van der Waals surface area contributed by atoms with Gasteiger partial charge in [0.2, 0.25) is 26.0 Å². The Hall–Kier alpha value is -2.50. The molecule has 2 aromatic rings. The number of nitrogens with one attached hydrogen (secondary N) is 1. The number of carbonyl (C=O) groups excluding carboxylic acids is 1. The summed E-state index contributed by atoms with van der Waals surface area (Å²) in [6, 6.07) is 9.46. The molecule has 1 saturated heterocycles. The Labute approximate surface area is 174 Å². The fraction of sp³-hybridized carbons (Fsp3) is 0.316. The molecule has 0 saturated carbocycles. The summed E-state index contributed by atoms with van der Waals surface area (Å²) in [7, 11) is -7.92. The summed E-state index contributed by atoms with van der Waals surface area (Å²) in [5, 5.41) is 0. The maximum Gasteiger partial charge on any atom is 0.244 e. The first-order chi connectivity index (χ1) is 14.1. The zero-order valence-electron chi connectivity index (χ0n) is 16.2. The Balaban J connectivity index is 1.87. The number of sulfonamides is 2. The first-order valence-electron chi connectivity index (χ1n) is 9.21. The molecular formula is C19H21FN2O6S2. The third-order valence-electron chi connectivity index (χ3n) is 4.45. The average Bonchev–Trinajstić information content (AvgIpc) is 2.96. The van der Waals surface area contributed by atoms with Gasteiger partial charge < -0.3 is 4.74 Å². The first-order valence-corrected chi connectivity index (χ1v) is 12.3. The lowest BCUT2D eigenvalue weighted by molar-refractivity contribution is -0.116. The minimum Gasteiger partial charge on any atom is -0.492 e. The number of carbonyl (C=O) groups is 1. The Kier molecular flexibility index (Phi) is 6.44. The third kappa shape index (κ3) is 4.79. The number of nitrogens with zero attached hydrogens (tertiary/aromatic N) is 1. The highest BCUT2D eigenvalue weighted by Gasteiger charge is 2.37. The molecule has 0 aromatic heterocycles. The van der Waals surface area contributed by atoms with Crippen LogP contribution in [0.15, 0.2) is 47.4 Å². The lowest BCUT2D eigenvalue weighted by atomic mass is 10.1. The van der Waals surface area contributed by atoms with Gasteiger partial charge in [0.1, 0.15) is 16.5 Å². The Bertz CT molecular complexity index is 1150. The number of anilines is 1. The highest BCUT2D eigenvalue weighted by atomic mass is 32.2. The van der Waals surface area contributed by atoms with Crippen molar-refractivity contribution in [2.24, 2.45) is 0 Å². The van der Waals surface area contributed by atoms with Crippen molar-refractivity contribution >= 4 is 31.6 Å². The van der Waals surface area contributed by atoms with Crippen molar-refractivity contribution in [2.45, 2.75) is 24.7 Å². The minimum atomic E-state index is -4.08. The second-order valence-electron chi connectivity index (χ2n) is 6.56. The second-order valence-corrected chi connectivity index (χ2v) is 10.2. The van der Waals surface area contributed by atoms with Crippen LogP contribution in [0.1, 0.15) is 18.9 Å². The van der Waals surface area contributed by atoms with Gasteiger partial charge in [0.25, 0.3) is 0 Å². The van der Waals surface area contributed by atoms with E-state index in [1.54, 1.807) is 19.1 Å². The summed E-state index contributed by atoms with van der Waals surface area (Å²) in [4.78, 5) is 11.8. The van der Waals surface area contributed by atoms with E-state index >= 15 is 0 Å². The maximum atomic E-state index is 13.0. The fourth-order valence-electron chi connectivity index (χ4n) is 3.04. The highest BCUT2D eigenvalue weighted by molar-refractivity contribution is 7.94. The van der Waals surface area contributed by atoms with Crippen molar-refractivity contribution in [3.05, 3.63) is 53.8 Å². The standard InChI is InChI=1S/C19H21FN2O6S2/c1-2-28-17-8-7-16(22-19(23)10-12-29(22,24)25)13-18(17)30(26,27)21-11-9-14-3-5-15(20)6-4-14/h3-8,13,21H,2,9-12H2,1H3. The van der Waals surface area contributed by atoms with Crippen molar-refractivity contribution in [2.75, 3.05) is 23.2 Å². The molecule has 1 amide bonds. The van der Waals surface area contributed by atoms with Crippen LogP contribution in [0.25, 0.3) is 0 Å². The first kappa shape index (κ1) is 22.2. The zero-order valence-corrected chi connectivity index (χ0v) is 17.8. The van der Waals surface area contributed by atoms with E-state index in [1.165, 1.54) is 24.3 Å². The summed E-state index contributed by atoms with van der Waals surface area (Å²) in [5.74, 6) is -1.29. The Morgan fingerprint density at radius 2 is 1.87 bits per heavy atom. The van der Waals surface area contributed by atoms with E-state index in [9.17, 15) is 26.0 Å². The van der Waals surface area contributed by atoms with Crippen LogP contribution >= 0.6 is 0 Å². The molecule has 1 aliphatic rings. The summed E-state index contributed by atoms with van der Waals surface area (Å²) >= 11 is 0. The summed E-state index contributed by atoms with van der Waals surface area (Å²) in [5.41, 5.74) is 0.687. The van der Waals surface area contributed by atoms with Crippen LogP contribution in [0, 0.1) is 5.82 Å². The molecule has 162 valence electrons. The van der Waals surface area contributed by atoms with E-state index in [0.717, 1.165) is 11.6 Å². The van der Waals surface area contributed by atoms with Crippen LogP contribution in [-0.2, 0) is 31.3 Å². The van der Waals surface area contributed by atoms with Crippen molar-refractivity contribution in [3.8, 4) is 5.75 Å². The van der Waals surface area contributed by atoms with Gasteiger partial charge in [-0.15, -0.1) is 0 Å². The lowest BCUT2D eigenvalue weighted by Crippen LogP contribution is -2.30. The number of hydrogen-bond donors (Lipinski definition) is 1. The molecule has 3 rings (SSSR count). The maximum absolute atomic E-state index is 13.0. The highest BCUT2D eigenvalue weighted by Crippen LogP contribution is 2.32. The molecule has 0 atom stereocenters. The van der Waals surface area contributed by atoms with E-state index in [2.05, 4.69) is 4.72 Å². The molecule has 0 unspecified atom stereocenters. The number of hydrogen-bond acceptors (Lipinski definition) is 6. The van der Waals surface area contributed by atoms with Gasteiger partial charge in [-0.3, -0.25) is 4.79 Å². The SMILES string of the molecule is CCOc1ccc(N2C(=O)CCS2(=O)=O)cc1S(=O)(=O)NCCc1ccc(F)cc1. The summed E-state index contributed by atoms with van der Waals surface area (Å²) in [6.07, 6.45) is 0.162. The van der Waals surface area contributed by atoms with E-state index in [-0.39, 0.29) is 47.5 Å². The van der Waals surface area contributed by atoms with Gasteiger partial charge in [-0.05, 0) is 49.2 Å². The molecule has 1 N–H and O–H groups in total. The molecule has 1 heterocycles. The van der Waals surface area contributed by atoms with Gasteiger partial charge in [0, 0.05) is 13.0 Å². The summed E-state index contributed by atoms with van der Waals surface area (Å²) in [6.45, 7) is 1.91. The van der Waals surface area contributed by atoms with Crippen molar-refractivity contribution in [1.29, 1.82) is 0 Å². The summed E-state index contributed by atoms with van der Waals surface area (Å²) < 4.78 is 71.5. The van der Waals surface area contributed by atoms with Gasteiger partial charge >= 0.3 is 0 Å². The molecule has 0 bridgehead atoms. The van der Waals surface area contributed by atoms with E-state index in [1.807, 2.05) is 0 Å². The normalized spacial score (nSPS) is 16.1. The van der Waals surface area contributed by atoms with Gasteiger partial charge in [-0.25, -0.2) is 30.3 Å². The van der Waals surface area contributed by atoms with Crippen LogP contribution in [0.2, 0.25) is 0 Å². The van der Waals surface area contributed by atoms with E-state index < -0.39 is 26.0 Å². The second kappa shape index (κ2) is 8.70. The monoisotopic (exact) mass is 456 g/mol. The molecule has 0 aliphatic carbocycles. The quantitative estimate of drug-likeness (QED) is 0.649. The van der Waals surface area contributed by atoms with Crippen molar-refractivity contribution < 1.29 is 30.8 Å². The molecule has 2 aromatic carbocycles. The molecule has 1 fully saturated rings.